The SMILES string of the molecule is C1=C2C3CC1C2C1CC(C3)C2C3CC(C4C5CCC(C5)C34)C12. The molecular formula is C22H28. The fraction of sp³-hybridized carbons (Fsp3) is 0.909. The number of allylic oxidation sites excluding steroid dienone is 2. The van der Waals surface area contributed by atoms with Gasteiger partial charge in [0.25, 0.3) is 0 Å². The molecule has 9 aliphatic rings. The summed E-state index contributed by atoms with van der Waals surface area (Å²) in [6, 6.07) is 0. The van der Waals surface area contributed by atoms with Crippen LogP contribution in [0.2, 0.25) is 0 Å². The minimum Gasteiger partial charge on any atom is -0.0810 e. The molecule has 7 saturated carbocycles. The Balaban J connectivity index is 1.26. The van der Waals surface area contributed by atoms with Gasteiger partial charge in [-0.25, -0.2) is 0 Å². The third kappa shape index (κ3) is 0.965. The second kappa shape index (κ2) is 3.27. The number of fused-ring (bicyclic) bond motifs is 16. The van der Waals surface area contributed by atoms with Crippen molar-refractivity contribution in [2.75, 3.05) is 0 Å². The van der Waals surface area contributed by atoms with Gasteiger partial charge in [0.15, 0.2) is 0 Å². The molecule has 0 amide bonds. The summed E-state index contributed by atoms with van der Waals surface area (Å²) < 4.78 is 0. The minimum atomic E-state index is 1.06. The number of hydrogen-bond acceptors (Lipinski definition) is 0. The predicted molar refractivity (Wildman–Crippen MR) is 85.8 cm³/mol. The minimum absolute atomic E-state index is 1.06. The van der Waals surface area contributed by atoms with E-state index in [-0.39, 0.29) is 0 Å². The summed E-state index contributed by atoms with van der Waals surface area (Å²) in [6.45, 7) is 0. The van der Waals surface area contributed by atoms with Crippen LogP contribution in [-0.4, -0.2) is 0 Å². The molecule has 10 bridgehead atoms. The normalized spacial score (nSPS) is 73.8. The van der Waals surface area contributed by atoms with Crippen molar-refractivity contribution in [1.29, 1.82) is 0 Å². The van der Waals surface area contributed by atoms with Crippen LogP contribution in [0.25, 0.3) is 0 Å². The topological polar surface area (TPSA) is 0 Å². The maximum atomic E-state index is 2.72. The maximum Gasteiger partial charge on any atom is -0.0106 e. The number of hydrogen-bond donors (Lipinski definition) is 0. The van der Waals surface area contributed by atoms with E-state index in [1.54, 1.807) is 44.9 Å². The Morgan fingerprint density at radius 3 is 2.27 bits per heavy atom. The first-order chi connectivity index (χ1) is 10.9. The van der Waals surface area contributed by atoms with Gasteiger partial charge in [-0.05, 0) is 122 Å². The monoisotopic (exact) mass is 292 g/mol. The molecule has 9 aliphatic carbocycles. The molecule has 13 atom stereocenters. The molecule has 22 heavy (non-hydrogen) atoms. The average molecular weight is 292 g/mol. The number of rotatable bonds is 0. The van der Waals surface area contributed by atoms with Gasteiger partial charge in [-0.1, -0.05) is 11.6 Å². The van der Waals surface area contributed by atoms with Crippen LogP contribution in [0.1, 0.15) is 44.9 Å². The molecule has 0 aliphatic heterocycles. The Bertz CT molecular complexity index is 616. The van der Waals surface area contributed by atoms with E-state index >= 15 is 0 Å². The first-order valence-electron chi connectivity index (χ1n) is 10.6. The van der Waals surface area contributed by atoms with Crippen LogP contribution in [-0.2, 0) is 0 Å². The summed E-state index contributed by atoms with van der Waals surface area (Å²) in [4.78, 5) is 0. The van der Waals surface area contributed by atoms with Crippen molar-refractivity contribution < 1.29 is 0 Å². The van der Waals surface area contributed by atoms with E-state index in [4.69, 9.17) is 0 Å². The molecule has 0 heterocycles. The lowest BCUT2D eigenvalue weighted by molar-refractivity contribution is 0.0292. The Kier molecular flexibility index (Phi) is 1.68. The highest BCUT2D eigenvalue weighted by Crippen LogP contribution is 2.78. The average Bonchev–Trinajstić information content (AvgIpc) is 3.28. The van der Waals surface area contributed by atoms with E-state index in [0.717, 1.165) is 17.8 Å². The highest BCUT2D eigenvalue weighted by molar-refractivity contribution is 5.36. The Hall–Kier alpha value is -0.260. The van der Waals surface area contributed by atoms with E-state index in [2.05, 4.69) is 6.08 Å². The molecule has 0 heteroatoms. The molecule has 9 rings (SSSR count). The zero-order valence-corrected chi connectivity index (χ0v) is 13.5. The molecule has 116 valence electrons. The van der Waals surface area contributed by atoms with Gasteiger partial charge >= 0.3 is 0 Å². The van der Waals surface area contributed by atoms with Gasteiger partial charge in [-0.2, -0.15) is 0 Å². The van der Waals surface area contributed by atoms with Crippen molar-refractivity contribution in [1.82, 2.24) is 0 Å². The van der Waals surface area contributed by atoms with Crippen molar-refractivity contribution in [2.24, 2.45) is 76.9 Å². The van der Waals surface area contributed by atoms with Crippen LogP contribution in [0.5, 0.6) is 0 Å². The van der Waals surface area contributed by atoms with Gasteiger partial charge in [0.05, 0.1) is 0 Å². The first-order valence-corrected chi connectivity index (χ1v) is 10.6. The van der Waals surface area contributed by atoms with E-state index in [9.17, 15) is 0 Å². The van der Waals surface area contributed by atoms with Crippen molar-refractivity contribution in [2.45, 2.75) is 44.9 Å². The second-order valence-corrected chi connectivity index (χ2v) is 10.9. The molecule has 0 spiro atoms. The molecule has 0 nitrogen and oxygen atoms in total. The fourth-order valence-electron chi connectivity index (χ4n) is 11.1. The summed E-state index contributed by atoms with van der Waals surface area (Å²) in [5.74, 6) is 15.3. The fourth-order valence-corrected chi connectivity index (χ4v) is 11.1. The largest absolute Gasteiger partial charge is 0.0810 e. The standard InChI is InChI=1S/C22H28/c1-2-10-3-9(1)19-16-8-17(20(10)19)22-15-7-13(21(16)22)5-11-4-12-6-14(11)18(12)15/h6,9-13,15-22H,1-5,7-8H2. The van der Waals surface area contributed by atoms with Gasteiger partial charge in [-0.3, -0.25) is 0 Å². The molecule has 0 N–H and O–H groups in total. The zero-order chi connectivity index (χ0) is 13.7. The highest BCUT2D eigenvalue weighted by Gasteiger charge is 2.71. The summed E-state index contributed by atoms with van der Waals surface area (Å²) in [5, 5.41) is 0. The highest BCUT2D eigenvalue weighted by atomic mass is 14.8. The van der Waals surface area contributed by atoms with E-state index < -0.39 is 0 Å². The van der Waals surface area contributed by atoms with Crippen molar-refractivity contribution in [3.05, 3.63) is 11.6 Å². The smallest absolute Gasteiger partial charge is 0.0106 e. The molecular weight excluding hydrogens is 264 g/mol. The maximum absolute atomic E-state index is 2.72. The zero-order valence-electron chi connectivity index (χ0n) is 13.5. The lowest BCUT2D eigenvalue weighted by atomic mass is 9.58. The molecule has 0 aromatic heterocycles. The predicted octanol–water partition coefficient (Wildman–Crippen LogP) is 4.76. The van der Waals surface area contributed by atoms with Crippen LogP contribution in [0.15, 0.2) is 11.6 Å². The van der Waals surface area contributed by atoms with Crippen LogP contribution in [0, 0.1) is 76.9 Å². The molecule has 0 radical (unpaired) electrons. The Morgan fingerprint density at radius 1 is 0.636 bits per heavy atom. The van der Waals surface area contributed by atoms with Crippen molar-refractivity contribution >= 4 is 0 Å². The van der Waals surface area contributed by atoms with Crippen LogP contribution in [0.4, 0.5) is 0 Å². The summed E-state index contributed by atoms with van der Waals surface area (Å²) in [7, 11) is 0. The van der Waals surface area contributed by atoms with Gasteiger partial charge in [0, 0.05) is 0 Å². The lowest BCUT2D eigenvalue weighted by Crippen LogP contribution is -2.42. The molecule has 13 unspecified atom stereocenters. The second-order valence-electron chi connectivity index (χ2n) is 10.9. The summed E-state index contributed by atoms with van der Waals surface area (Å²) in [5.41, 5.74) is 1.99. The molecule has 0 saturated heterocycles. The van der Waals surface area contributed by atoms with E-state index in [0.29, 0.717) is 0 Å². The Labute approximate surface area is 134 Å². The van der Waals surface area contributed by atoms with Gasteiger partial charge in [0.1, 0.15) is 0 Å². The third-order valence-electron chi connectivity index (χ3n) is 11.0. The molecule has 0 aromatic rings. The van der Waals surface area contributed by atoms with Crippen LogP contribution in [0.3, 0.4) is 0 Å². The third-order valence-corrected chi connectivity index (χ3v) is 11.0. The van der Waals surface area contributed by atoms with Gasteiger partial charge in [-0.15, -0.1) is 0 Å². The van der Waals surface area contributed by atoms with Gasteiger partial charge < -0.3 is 0 Å². The van der Waals surface area contributed by atoms with Crippen LogP contribution >= 0.6 is 0 Å². The van der Waals surface area contributed by atoms with Gasteiger partial charge in [0.2, 0.25) is 0 Å². The molecule has 7 fully saturated rings. The lowest BCUT2D eigenvalue weighted by Gasteiger charge is -2.46. The van der Waals surface area contributed by atoms with E-state index in [1.165, 1.54) is 59.2 Å². The Morgan fingerprint density at radius 2 is 1.41 bits per heavy atom. The van der Waals surface area contributed by atoms with Crippen LogP contribution < -0.4 is 0 Å². The van der Waals surface area contributed by atoms with E-state index in [1.807, 2.05) is 5.57 Å². The van der Waals surface area contributed by atoms with Crippen molar-refractivity contribution in [3.8, 4) is 0 Å². The summed E-state index contributed by atoms with van der Waals surface area (Å²) >= 11 is 0. The van der Waals surface area contributed by atoms with Crippen molar-refractivity contribution in [3.63, 3.8) is 0 Å². The first kappa shape index (κ1) is 11.3. The summed E-state index contributed by atoms with van der Waals surface area (Å²) in [6.07, 6.45) is 14.2. The quantitative estimate of drug-likeness (QED) is 0.446. The molecule has 0 aromatic carbocycles.